The van der Waals surface area contributed by atoms with E-state index in [4.69, 9.17) is 5.14 Å². The average Bonchev–Trinajstić information content (AvgIpc) is 3.10. The Morgan fingerprint density at radius 3 is 2.67 bits per heavy atom. The van der Waals surface area contributed by atoms with Gasteiger partial charge in [-0.3, -0.25) is 0 Å². The molecule has 2 heterocycles. The first-order valence-corrected chi connectivity index (χ1v) is 10.3. The van der Waals surface area contributed by atoms with Gasteiger partial charge in [0.1, 0.15) is 4.21 Å². The molecule has 0 saturated carbocycles. The molecule has 0 radical (unpaired) electrons. The molecule has 1 fully saturated rings. The van der Waals surface area contributed by atoms with Crippen molar-refractivity contribution in [3.8, 4) is 0 Å². The van der Waals surface area contributed by atoms with Crippen molar-refractivity contribution in [3.05, 3.63) is 17.0 Å². The zero-order valence-corrected chi connectivity index (χ0v) is 18.4. The van der Waals surface area contributed by atoms with Crippen LogP contribution in [0.25, 0.3) is 0 Å². The van der Waals surface area contributed by atoms with E-state index < -0.39 is 10.0 Å². The number of nitrogens with zero attached hydrogens (tertiary/aromatic N) is 2. The maximum absolute atomic E-state index is 11.3. The molecule has 6 nitrogen and oxygen atoms in total. The number of thiophene rings is 1. The van der Waals surface area contributed by atoms with Crippen LogP contribution in [0.5, 0.6) is 0 Å². The summed E-state index contributed by atoms with van der Waals surface area (Å²) in [4.78, 5) is 7.85. The molecule has 1 aromatic heterocycles. The molecular weight excluding hydrogens is 459 g/mol. The van der Waals surface area contributed by atoms with Crippen LogP contribution >= 0.6 is 35.3 Å². The van der Waals surface area contributed by atoms with E-state index in [2.05, 4.69) is 36.0 Å². The molecule has 2 rings (SSSR count). The lowest BCUT2D eigenvalue weighted by molar-refractivity contribution is 0.322. The maximum Gasteiger partial charge on any atom is 0.247 e. The van der Waals surface area contributed by atoms with Gasteiger partial charge in [0.2, 0.25) is 10.0 Å². The van der Waals surface area contributed by atoms with Crippen molar-refractivity contribution in [1.82, 2.24) is 10.2 Å². The highest BCUT2D eigenvalue weighted by molar-refractivity contribution is 14.0. The number of aliphatic imine (C=N–C) groups is 1. The maximum atomic E-state index is 11.3. The van der Waals surface area contributed by atoms with Gasteiger partial charge in [0.25, 0.3) is 0 Å². The number of likely N-dealkylation sites (tertiary alicyclic amines) is 1. The number of sulfonamides is 1. The van der Waals surface area contributed by atoms with Gasteiger partial charge in [-0.2, -0.15) is 0 Å². The van der Waals surface area contributed by atoms with Crippen LogP contribution in [-0.4, -0.2) is 38.9 Å². The molecular formula is C15H27IN4O2S2. The van der Waals surface area contributed by atoms with Crippen LogP contribution in [0, 0.1) is 5.41 Å². The van der Waals surface area contributed by atoms with Crippen LogP contribution in [0.4, 0.5) is 0 Å². The number of hydrogen-bond acceptors (Lipinski definition) is 4. The van der Waals surface area contributed by atoms with Crippen LogP contribution in [0.15, 0.2) is 21.3 Å². The van der Waals surface area contributed by atoms with Crippen LogP contribution in [-0.2, 0) is 16.6 Å². The molecule has 9 heteroatoms. The number of nitrogens with one attached hydrogen (secondary N) is 1. The predicted octanol–water partition coefficient (Wildman–Crippen LogP) is 2.60. The summed E-state index contributed by atoms with van der Waals surface area (Å²) >= 11 is 1.18. The lowest BCUT2D eigenvalue weighted by atomic mass is 9.87. The van der Waals surface area contributed by atoms with E-state index in [9.17, 15) is 8.42 Å². The lowest BCUT2D eigenvalue weighted by Gasteiger charge is -2.25. The van der Waals surface area contributed by atoms with E-state index >= 15 is 0 Å². The largest absolute Gasteiger partial charge is 0.357 e. The smallest absolute Gasteiger partial charge is 0.247 e. The Kier molecular flexibility index (Phi) is 7.95. The Morgan fingerprint density at radius 1 is 1.46 bits per heavy atom. The second kappa shape index (κ2) is 8.81. The fourth-order valence-corrected chi connectivity index (χ4v) is 4.37. The Balaban J connectivity index is 0.00000288. The first-order chi connectivity index (χ1) is 10.8. The van der Waals surface area contributed by atoms with Crippen LogP contribution in [0.1, 0.15) is 38.5 Å². The molecule has 0 bridgehead atoms. The molecule has 1 aliphatic heterocycles. The number of primary sulfonamides is 1. The molecule has 0 aliphatic carbocycles. The minimum absolute atomic E-state index is 0. The van der Waals surface area contributed by atoms with Crippen molar-refractivity contribution in [3.63, 3.8) is 0 Å². The van der Waals surface area contributed by atoms with Gasteiger partial charge in [0.05, 0.1) is 6.54 Å². The highest BCUT2D eigenvalue weighted by atomic mass is 127. The zero-order valence-electron chi connectivity index (χ0n) is 14.4. The minimum Gasteiger partial charge on any atom is -0.357 e. The molecule has 24 heavy (non-hydrogen) atoms. The molecule has 1 aliphatic rings. The number of hydrogen-bond donors (Lipinski definition) is 2. The average molecular weight is 486 g/mol. The van der Waals surface area contributed by atoms with Gasteiger partial charge in [-0.15, -0.1) is 35.3 Å². The third-order valence-electron chi connectivity index (χ3n) is 4.35. The standard InChI is InChI=1S/C15H26N4O2S2.HI/c1-4-15(3)8-9-19(11-15)14(17-5-2)18-10-12-6-7-13(22-12)23(16,20)21;/h6-7H,4-5,8-11H2,1-3H3,(H,17,18)(H2,16,20,21);1H. The molecule has 1 unspecified atom stereocenters. The Labute approximate surface area is 166 Å². The first kappa shape index (κ1) is 21.7. The van der Waals surface area contributed by atoms with Crippen molar-refractivity contribution in [2.75, 3.05) is 19.6 Å². The van der Waals surface area contributed by atoms with Gasteiger partial charge >= 0.3 is 0 Å². The third kappa shape index (κ3) is 5.57. The molecule has 1 saturated heterocycles. The summed E-state index contributed by atoms with van der Waals surface area (Å²) in [6.45, 7) is 9.87. The topological polar surface area (TPSA) is 87.8 Å². The fourth-order valence-electron chi connectivity index (χ4n) is 2.67. The SMILES string of the molecule is CCNC(=NCc1ccc(S(N)(=O)=O)s1)N1CCC(C)(CC)C1.I. The summed E-state index contributed by atoms with van der Waals surface area (Å²) in [6, 6.07) is 3.32. The van der Waals surface area contributed by atoms with Crippen molar-refractivity contribution >= 4 is 51.3 Å². The quantitative estimate of drug-likeness (QED) is 0.381. The summed E-state index contributed by atoms with van der Waals surface area (Å²) in [7, 11) is -3.62. The zero-order chi connectivity index (χ0) is 17.1. The van der Waals surface area contributed by atoms with E-state index in [1.54, 1.807) is 12.1 Å². The van der Waals surface area contributed by atoms with Gasteiger partial charge < -0.3 is 10.2 Å². The van der Waals surface area contributed by atoms with Crippen LogP contribution in [0.3, 0.4) is 0 Å². The predicted molar refractivity (Wildman–Crippen MR) is 111 cm³/mol. The summed E-state index contributed by atoms with van der Waals surface area (Å²) in [5.74, 6) is 0.898. The van der Waals surface area contributed by atoms with Gasteiger partial charge in [-0.05, 0) is 37.3 Å². The summed E-state index contributed by atoms with van der Waals surface area (Å²) < 4.78 is 22.9. The molecule has 0 amide bonds. The number of halogens is 1. The number of nitrogens with two attached hydrogens (primary N) is 1. The van der Waals surface area contributed by atoms with E-state index in [1.165, 1.54) is 17.8 Å². The van der Waals surface area contributed by atoms with Crippen molar-refractivity contribution in [1.29, 1.82) is 0 Å². The summed E-state index contributed by atoms with van der Waals surface area (Å²) in [6.07, 6.45) is 2.33. The number of rotatable bonds is 5. The molecule has 0 spiro atoms. The van der Waals surface area contributed by atoms with E-state index in [0.29, 0.717) is 12.0 Å². The first-order valence-electron chi connectivity index (χ1n) is 7.92. The fraction of sp³-hybridized carbons (Fsp3) is 0.667. The van der Waals surface area contributed by atoms with Gasteiger partial charge in [0, 0.05) is 24.5 Å². The molecule has 138 valence electrons. The van der Waals surface area contributed by atoms with E-state index in [0.717, 1.165) is 36.9 Å². The second-order valence-electron chi connectivity index (χ2n) is 6.27. The minimum atomic E-state index is -3.62. The van der Waals surface area contributed by atoms with Crippen molar-refractivity contribution in [2.24, 2.45) is 15.5 Å². The Hall–Kier alpha value is -0.390. The van der Waals surface area contributed by atoms with E-state index in [-0.39, 0.29) is 28.2 Å². The van der Waals surface area contributed by atoms with Gasteiger partial charge in [-0.25, -0.2) is 18.5 Å². The summed E-state index contributed by atoms with van der Waals surface area (Å²) in [5, 5.41) is 8.48. The van der Waals surface area contributed by atoms with Gasteiger partial charge in [0.15, 0.2) is 5.96 Å². The number of guanidine groups is 1. The van der Waals surface area contributed by atoms with Gasteiger partial charge in [-0.1, -0.05) is 13.8 Å². The third-order valence-corrected chi connectivity index (χ3v) is 6.86. The van der Waals surface area contributed by atoms with Crippen molar-refractivity contribution < 1.29 is 8.42 Å². The van der Waals surface area contributed by atoms with Crippen LogP contribution < -0.4 is 10.5 Å². The molecule has 1 aromatic rings. The molecule has 1 atom stereocenters. The highest BCUT2D eigenvalue weighted by Crippen LogP contribution is 2.33. The van der Waals surface area contributed by atoms with Crippen LogP contribution in [0.2, 0.25) is 0 Å². The molecule has 0 aromatic carbocycles. The summed E-state index contributed by atoms with van der Waals surface area (Å²) in [5.41, 5.74) is 0.347. The second-order valence-corrected chi connectivity index (χ2v) is 9.23. The lowest BCUT2D eigenvalue weighted by Crippen LogP contribution is -2.40. The Bertz CT molecular complexity index is 675. The molecule has 3 N–H and O–H groups in total. The normalized spacial score (nSPS) is 21.7. The highest BCUT2D eigenvalue weighted by Gasteiger charge is 2.33. The van der Waals surface area contributed by atoms with Crippen molar-refractivity contribution in [2.45, 2.75) is 44.4 Å². The monoisotopic (exact) mass is 486 g/mol. The Morgan fingerprint density at radius 2 is 2.17 bits per heavy atom. The van der Waals surface area contributed by atoms with E-state index in [1.807, 2.05) is 0 Å².